The predicted molar refractivity (Wildman–Crippen MR) is 58.2 cm³/mol. The van der Waals surface area contributed by atoms with Crippen LogP contribution in [-0.2, 0) is 6.42 Å². The number of halogens is 1. The lowest BCUT2D eigenvalue weighted by Gasteiger charge is -2.06. The Morgan fingerprint density at radius 1 is 1.27 bits per heavy atom. The van der Waals surface area contributed by atoms with Crippen molar-refractivity contribution >= 4 is 22.6 Å². The summed E-state index contributed by atoms with van der Waals surface area (Å²) in [7, 11) is 0. The Bertz CT molecular complexity index is 193. The van der Waals surface area contributed by atoms with E-state index in [1.807, 2.05) is 0 Å². The molecule has 0 amide bonds. The largest absolute Gasteiger partial charge is 0.0861 e. The second-order valence-corrected chi connectivity index (χ2v) is 3.83. The number of benzene rings is 1. The summed E-state index contributed by atoms with van der Waals surface area (Å²) in [6, 6.07) is 10.7. The normalized spacial score (nSPS) is 12.9. The third-order valence-corrected chi connectivity index (χ3v) is 3.19. The van der Waals surface area contributed by atoms with E-state index in [-0.39, 0.29) is 0 Å². The Morgan fingerprint density at radius 2 is 1.91 bits per heavy atom. The van der Waals surface area contributed by atoms with Crippen LogP contribution in [0.2, 0.25) is 0 Å². The van der Waals surface area contributed by atoms with Gasteiger partial charge >= 0.3 is 0 Å². The summed E-state index contributed by atoms with van der Waals surface area (Å²) in [5.41, 5.74) is 1.46. The molecule has 0 fully saturated rings. The maximum Gasteiger partial charge on any atom is 0.00242 e. The summed E-state index contributed by atoms with van der Waals surface area (Å²) in [4.78, 5) is 0. The van der Waals surface area contributed by atoms with Gasteiger partial charge in [0.25, 0.3) is 0 Å². The molecule has 60 valence electrons. The number of hydrogen-bond donors (Lipinski definition) is 0. The molecule has 0 N–H and O–H groups in total. The van der Waals surface area contributed by atoms with Crippen LogP contribution in [0.4, 0.5) is 0 Å². The fourth-order valence-corrected chi connectivity index (χ4v) is 1.38. The summed E-state index contributed by atoms with van der Waals surface area (Å²) in [6.45, 7) is 2.29. The minimum atomic E-state index is 0.804. The molecule has 1 aromatic rings. The lowest BCUT2D eigenvalue weighted by Crippen LogP contribution is -1.99. The number of rotatable bonds is 3. The van der Waals surface area contributed by atoms with Crippen molar-refractivity contribution in [3.63, 3.8) is 0 Å². The fraction of sp³-hybridized carbons (Fsp3) is 0.400. The van der Waals surface area contributed by atoms with Crippen molar-refractivity contribution < 1.29 is 0 Å². The molecule has 0 aliphatic carbocycles. The quantitative estimate of drug-likeness (QED) is 0.577. The molecule has 0 aliphatic rings. The minimum absolute atomic E-state index is 0.804. The highest BCUT2D eigenvalue weighted by molar-refractivity contribution is 14.1. The first kappa shape index (κ1) is 9.04. The van der Waals surface area contributed by atoms with Crippen LogP contribution < -0.4 is 0 Å². The molecule has 0 radical (unpaired) electrons. The van der Waals surface area contributed by atoms with Crippen molar-refractivity contribution in [3.05, 3.63) is 35.9 Å². The SMILES string of the molecule is C[C@H](CI)Cc1ccccc1. The Morgan fingerprint density at radius 3 is 2.45 bits per heavy atom. The van der Waals surface area contributed by atoms with Crippen LogP contribution in [0.3, 0.4) is 0 Å². The van der Waals surface area contributed by atoms with Crippen molar-refractivity contribution in [2.75, 3.05) is 4.43 Å². The van der Waals surface area contributed by atoms with E-state index in [0.29, 0.717) is 0 Å². The zero-order valence-corrected chi connectivity index (χ0v) is 8.91. The lowest BCUT2D eigenvalue weighted by molar-refractivity contribution is 0.668. The van der Waals surface area contributed by atoms with Gasteiger partial charge in [-0.05, 0) is 17.9 Å². The average molecular weight is 260 g/mol. The van der Waals surface area contributed by atoms with Gasteiger partial charge in [-0.15, -0.1) is 0 Å². The van der Waals surface area contributed by atoms with E-state index >= 15 is 0 Å². The summed E-state index contributed by atoms with van der Waals surface area (Å²) < 4.78 is 1.24. The van der Waals surface area contributed by atoms with E-state index in [9.17, 15) is 0 Å². The van der Waals surface area contributed by atoms with Crippen LogP contribution >= 0.6 is 22.6 Å². The van der Waals surface area contributed by atoms with Crippen LogP contribution in [0.15, 0.2) is 30.3 Å². The van der Waals surface area contributed by atoms with E-state index in [1.165, 1.54) is 16.4 Å². The lowest BCUT2D eigenvalue weighted by atomic mass is 10.0. The van der Waals surface area contributed by atoms with Crippen LogP contribution in [0.1, 0.15) is 12.5 Å². The first-order chi connectivity index (χ1) is 5.33. The monoisotopic (exact) mass is 260 g/mol. The van der Waals surface area contributed by atoms with Gasteiger partial charge in [0.15, 0.2) is 0 Å². The van der Waals surface area contributed by atoms with Crippen LogP contribution in [0, 0.1) is 5.92 Å². The van der Waals surface area contributed by atoms with Gasteiger partial charge in [0, 0.05) is 4.43 Å². The van der Waals surface area contributed by atoms with Crippen molar-refractivity contribution in [3.8, 4) is 0 Å². The highest BCUT2D eigenvalue weighted by Gasteiger charge is 1.99. The van der Waals surface area contributed by atoms with Crippen LogP contribution in [0.25, 0.3) is 0 Å². The molecule has 1 aromatic carbocycles. The van der Waals surface area contributed by atoms with Gasteiger partial charge in [0.05, 0.1) is 0 Å². The van der Waals surface area contributed by atoms with Crippen LogP contribution in [0.5, 0.6) is 0 Å². The molecule has 0 aliphatic heterocycles. The van der Waals surface area contributed by atoms with Crippen molar-refractivity contribution in [1.82, 2.24) is 0 Å². The van der Waals surface area contributed by atoms with Crippen molar-refractivity contribution in [1.29, 1.82) is 0 Å². The van der Waals surface area contributed by atoms with Gasteiger partial charge in [-0.25, -0.2) is 0 Å². The second-order valence-electron chi connectivity index (χ2n) is 2.95. The maximum atomic E-state index is 2.44. The van der Waals surface area contributed by atoms with E-state index in [4.69, 9.17) is 0 Å². The molecule has 0 nitrogen and oxygen atoms in total. The van der Waals surface area contributed by atoms with E-state index < -0.39 is 0 Å². The Kier molecular flexibility index (Phi) is 3.91. The standard InChI is InChI=1S/C10H13I/c1-9(8-11)7-10-5-3-2-4-6-10/h2-6,9H,7-8H2,1H3/t9-/m0/s1. The molecule has 0 aromatic heterocycles. The topological polar surface area (TPSA) is 0 Å². The average Bonchev–Trinajstić information content (AvgIpc) is 2.06. The zero-order chi connectivity index (χ0) is 8.10. The zero-order valence-electron chi connectivity index (χ0n) is 6.76. The Labute approximate surface area is 82.2 Å². The van der Waals surface area contributed by atoms with Gasteiger partial charge in [0.2, 0.25) is 0 Å². The molecule has 0 bridgehead atoms. The van der Waals surface area contributed by atoms with Crippen LogP contribution in [-0.4, -0.2) is 4.43 Å². The fourth-order valence-electron chi connectivity index (χ4n) is 1.07. The molecule has 0 heterocycles. The Hall–Kier alpha value is -0.0500. The summed E-state index contributed by atoms with van der Waals surface area (Å²) in [6.07, 6.45) is 1.21. The molecule has 11 heavy (non-hydrogen) atoms. The van der Waals surface area contributed by atoms with E-state index in [0.717, 1.165) is 5.92 Å². The smallest absolute Gasteiger partial charge is 0.00242 e. The highest BCUT2D eigenvalue weighted by Crippen LogP contribution is 2.09. The molecule has 0 unspecified atom stereocenters. The second kappa shape index (κ2) is 4.75. The molecule has 1 atom stereocenters. The first-order valence-electron chi connectivity index (χ1n) is 3.93. The third kappa shape index (κ3) is 3.23. The molecular formula is C10H13I. The minimum Gasteiger partial charge on any atom is -0.0861 e. The van der Waals surface area contributed by atoms with Gasteiger partial charge in [-0.2, -0.15) is 0 Å². The summed E-state index contributed by atoms with van der Waals surface area (Å²) in [5.74, 6) is 0.804. The third-order valence-electron chi connectivity index (χ3n) is 1.69. The molecule has 1 rings (SSSR count). The maximum absolute atomic E-state index is 2.44. The van der Waals surface area contributed by atoms with Gasteiger partial charge in [-0.1, -0.05) is 59.8 Å². The molecule has 0 saturated heterocycles. The van der Waals surface area contributed by atoms with Gasteiger partial charge in [0.1, 0.15) is 0 Å². The van der Waals surface area contributed by atoms with E-state index in [1.54, 1.807) is 0 Å². The molecule has 1 heteroatoms. The predicted octanol–water partition coefficient (Wildman–Crippen LogP) is 3.30. The Balaban J connectivity index is 2.51. The first-order valence-corrected chi connectivity index (χ1v) is 5.45. The molecule has 0 spiro atoms. The van der Waals surface area contributed by atoms with Gasteiger partial charge < -0.3 is 0 Å². The van der Waals surface area contributed by atoms with Crippen molar-refractivity contribution in [2.45, 2.75) is 13.3 Å². The number of hydrogen-bond acceptors (Lipinski definition) is 0. The van der Waals surface area contributed by atoms with Crippen molar-refractivity contribution in [2.24, 2.45) is 5.92 Å². The summed E-state index contributed by atoms with van der Waals surface area (Å²) >= 11 is 2.44. The molecule has 0 saturated carbocycles. The van der Waals surface area contributed by atoms with Gasteiger partial charge in [-0.3, -0.25) is 0 Å². The molecular weight excluding hydrogens is 247 g/mol. The number of alkyl halides is 1. The highest BCUT2D eigenvalue weighted by atomic mass is 127. The van der Waals surface area contributed by atoms with E-state index in [2.05, 4.69) is 59.8 Å². The summed E-state index contributed by atoms with van der Waals surface area (Å²) in [5, 5.41) is 0.